The van der Waals surface area contributed by atoms with Crippen molar-refractivity contribution in [2.75, 3.05) is 13.2 Å². The van der Waals surface area contributed by atoms with Crippen LogP contribution in [0.1, 0.15) is 40.0 Å². The highest BCUT2D eigenvalue weighted by molar-refractivity contribution is 9.10. The second-order valence-electron chi connectivity index (χ2n) is 4.35. The summed E-state index contributed by atoms with van der Waals surface area (Å²) in [5.41, 5.74) is 0. The Labute approximate surface area is 101 Å². The summed E-state index contributed by atoms with van der Waals surface area (Å²) in [4.78, 5) is 11.6. The molecule has 0 aliphatic rings. The molecule has 0 aliphatic carbocycles. The molecule has 15 heavy (non-hydrogen) atoms. The molecule has 0 aromatic rings. The predicted octanol–water partition coefficient (Wildman–Crippen LogP) is 2.07. The van der Waals surface area contributed by atoms with Crippen LogP contribution in [0, 0.1) is 5.92 Å². The monoisotopic (exact) mass is 279 g/mol. The topological polar surface area (TPSA) is 49.3 Å². The smallest absolute Gasteiger partial charge is 0.236 e. The number of amides is 1. The molecule has 0 aromatic carbocycles. The Hall–Kier alpha value is -0.0900. The van der Waals surface area contributed by atoms with Crippen molar-refractivity contribution >= 4 is 21.8 Å². The quantitative estimate of drug-likeness (QED) is 0.701. The number of aliphatic hydroxyl groups excluding tert-OH is 1. The first kappa shape index (κ1) is 14.9. The molecule has 4 heteroatoms. The third-order valence-electron chi connectivity index (χ3n) is 2.33. The van der Waals surface area contributed by atoms with Crippen molar-refractivity contribution in [3.05, 3.63) is 0 Å². The predicted molar refractivity (Wildman–Crippen MR) is 66.1 cm³/mol. The Morgan fingerprint density at radius 3 is 2.47 bits per heavy atom. The molecule has 0 aromatic heterocycles. The van der Waals surface area contributed by atoms with E-state index < -0.39 is 4.32 Å². The lowest BCUT2D eigenvalue weighted by molar-refractivity contribution is -0.122. The van der Waals surface area contributed by atoms with Crippen LogP contribution in [0.5, 0.6) is 0 Å². The van der Waals surface area contributed by atoms with E-state index in [2.05, 4.69) is 28.2 Å². The van der Waals surface area contributed by atoms with Crippen LogP contribution in [-0.2, 0) is 4.79 Å². The number of alkyl halides is 1. The maximum atomic E-state index is 11.6. The van der Waals surface area contributed by atoms with Crippen LogP contribution in [-0.4, -0.2) is 28.5 Å². The molecule has 0 bridgehead atoms. The molecule has 0 fully saturated rings. The highest BCUT2D eigenvalue weighted by atomic mass is 79.9. The number of halogens is 1. The number of carbonyl (C=O) groups excluding carboxylic acids is 1. The maximum Gasteiger partial charge on any atom is 0.236 e. The van der Waals surface area contributed by atoms with Crippen LogP contribution >= 0.6 is 15.9 Å². The maximum absolute atomic E-state index is 11.6. The zero-order chi connectivity index (χ0) is 11.9. The Balaban J connectivity index is 3.93. The van der Waals surface area contributed by atoms with Crippen molar-refractivity contribution in [2.45, 2.75) is 44.4 Å². The van der Waals surface area contributed by atoms with Crippen LogP contribution in [0.4, 0.5) is 0 Å². The molecule has 1 amide bonds. The Bertz CT molecular complexity index is 184. The van der Waals surface area contributed by atoms with E-state index in [1.54, 1.807) is 0 Å². The third-order valence-corrected chi connectivity index (χ3v) is 2.69. The Morgan fingerprint density at radius 1 is 1.47 bits per heavy atom. The van der Waals surface area contributed by atoms with Gasteiger partial charge in [-0.05, 0) is 32.6 Å². The Morgan fingerprint density at radius 2 is 2.07 bits per heavy atom. The molecular formula is C11H22BrNO2. The summed E-state index contributed by atoms with van der Waals surface area (Å²) in [6.07, 6.45) is 2.89. The number of aliphatic hydroxyl groups is 1. The minimum atomic E-state index is -0.511. The van der Waals surface area contributed by atoms with Crippen molar-refractivity contribution in [2.24, 2.45) is 5.92 Å². The average molecular weight is 280 g/mol. The lowest BCUT2D eigenvalue weighted by atomic mass is 10.00. The van der Waals surface area contributed by atoms with Crippen LogP contribution in [0.3, 0.4) is 0 Å². The largest absolute Gasteiger partial charge is 0.396 e. The first-order valence-electron chi connectivity index (χ1n) is 5.49. The fourth-order valence-corrected chi connectivity index (χ4v) is 1.53. The van der Waals surface area contributed by atoms with Gasteiger partial charge in [-0.25, -0.2) is 0 Å². The molecule has 90 valence electrons. The van der Waals surface area contributed by atoms with Crippen molar-refractivity contribution in [3.63, 3.8) is 0 Å². The van der Waals surface area contributed by atoms with E-state index in [9.17, 15) is 4.79 Å². The van der Waals surface area contributed by atoms with Crippen molar-refractivity contribution in [1.29, 1.82) is 0 Å². The summed E-state index contributed by atoms with van der Waals surface area (Å²) < 4.78 is -0.511. The van der Waals surface area contributed by atoms with E-state index in [0.717, 1.165) is 19.3 Å². The van der Waals surface area contributed by atoms with E-state index in [1.807, 2.05) is 13.8 Å². The van der Waals surface area contributed by atoms with Crippen molar-refractivity contribution < 1.29 is 9.90 Å². The minimum Gasteiger partial charge on any atom is -0.396 e. The van der Waals surface area contributed by atoms with Crippen LogP contribution in [0.15, 0.2) is 0 Å². The minimum absolute atomic E-state index is 0.00143. The van der Waals surface area contributed by atoms with E-state index in [1.165, 1.54) is 0 Å². The molecule has 0 saturated carbocycles. The van der Waals surface area contributed by atoms with Gasteiger partial charge >= 0.3 is 0 Å². The average Bonchev–Trinajstić information content (AvgIpc) is 2.12. The fraction of sp³-hybridized carbons (Fsp3) is 0.909. The lowest BCUT2D eigenvalue weighted by Crippen LogP contribution is -2.40. The summed E-state index contributed by atoms with van der Waals surface area (Å²) in [5.74, 6) is 0.389. The lowest BCUT2D eigenvalue weighted by Gasteiger charge is -2.20. The van der Waals surface area contributed by atoms with Crippen LogP contribution in [0.2, 0.25) is 0 Å². The first-order chi connectivity index (χ1) is 6.91. The second-order valence-corrected chi connectivity index (χ2v) is 6.33. The van der Waals surface area contributed by atoms with Gasteiger partial charge in [0.2, 0.25) is 5.91 Å². The van der Waals surface area contributed by atoms with Gasteiger partial charge in [0, 0.05) is 13.2 Å². The highest BCUT2D eigenvalue weighted by Gasteiger charge is 2.23. The van der Waals surface area contributed by atoms with E-state index in [4.69, 9.17) is 5.11 Å². The van der Waals surface area contributed by atoms with Gasteiger partial charge in [0.15, 0.2) is 0 Å². The molecule has 0 aliphatic heterocycles. The molecule has 0 radical (unpaired) electrons. The van der Waals surface area contributed by atoms with E-state index in [0.29, 0.717) is 12.5 Å². The third kappa shape index (κ3) is 6.90. The molecule has 3 nitrogen and oxygen atoms in total. The van der Waals surface area contributed by atoms with Gasteiger partial charge in [-0.3, -0.25) is 4.79 Å². The first-order valence-corrected chi connectivity index (χ1v) is 6.29. The van der Waals surface area contributed by atoms with E-state index >= 15 is 0 Å². The second kappa shape index (κ2) is 7.23. The standard InChI is InChI=1S/C11H22BrNO2/c1-4-5-9(6-7-14)8-13-10(15)11(2,3)12/h9,14H,4-8H2,1-3H3,(H,13,15). The van der Waals surface area contributed by atoms with Crippen LogP contribution in [0.25, 0.3) is 0 Å². The zero-order valence-electron chi connectivity index (χ0n) is 9.85. The molecule has 2 N–H and O–H groups in total. The van der Waals surface area contributed by atoms with Crippen molar-refractivity contribution in [1.82, 2.24) is 5.32 Å². The molecular weight excluding hydrogens is 258 g/mol. The number of hydrogen-bond acceptors (Lipinski definition) is 2. The molecule has 1 atom stereocenters. The number of carbonyl (C=O) groups is 1. The Kier molecular flexibility index (Phi) is 7.18. The van der Waals surface area contributed by atoms with Gasteiger partial charge in [0.25, 0.3) is 0 Å². The summed E-state index contributed by atoms with van der Waals surface area (Å²) in [7, 11) is 0. The van der Waals surface area contributed by atoms with Gasteiger partial charge < -0.3 is 10.4 Å². The highest BCUT2D eigenvalue weighted by Crippen LogP contribution is 2.16. The SMILES string of the molecule is CCCC(CCO)CNC(=O)C(C)(C)Br. The van der Waals surface area contributed by atoms with Gasteiger partial charge in [0.05, 0.1) is 4.32 Å². The molecule has 1 unspecified atom stereocenters. The number of nitrogens with one attached hydrogen (secondary N) is 1. The normalized spacial score (nSPS) is 13.7. The summed E-state index contributed by atoms with van der Waals surface area (Å²) >= 11 is 3.31. The molecule has 0 spiro atoms. The zero-order valence-corrected chi connectivity index (χ0v) is 11.4. The summed E-state index contributed by atoms with van der Waals surface area (Å²) in [5, 5.41) is 11.8. The van der Waals surface area contributed by atoms with Gasteiger partial charge in [-0.15, -0.1) is 0 Å². The number of hydrogen-bond donors (Lipinski definition) is 2. The summed E-state index contributed by atoms with van der Waals surface area (Å²) in [6.45, 7) is 6.60. The molecule has 0 rings (SSSR count). The molecule has 0 heterocycles. The van der Waals surface area contributed by atoms with Crippen molar-refractivity contribution in [3.8, 4) is 0 Å². The fourth-order valence-electron chi connectivity index (χ4n) is 1.39. The van der Waals surface area contributed by atoms with Gasteiger partial charge in [-0.2, -0.15) is 0 Å². The molecule has 0 saturated heterocycles. The van der Waals surface area contributed by atoms with Gasteiger partial charge in [0.1, 0.15) is 0 Å². The summed E-state index contributed by atoms with van der Waals surface area (Å²) in [6, 6.07) is 0. The van der Waals surface area contributed by atoms with E-state index in [-0.39, 0.29) is 12.5 Å². The van der Waals surface area contributed by atoms with Crippen LogP contribution < -0.4 is 5.32 Å². The number of rotatable bonds is 7. The van der Waals surface area contributed by atoms with Gasteiger partial charge in [-0.1, -0.05) is 29.3 Å².